The quantitative estimate of drug-likeness (QED) is 0.765. The lowest BCUT2D eigenvalue weighted by atomic mass is 10.5. The van der Waals surface area contributed by atoms with Crippen LogP contribution in [0.5, 0.6) is 0 Å². The molecular weight excluding hydrogens is 210 g/mol. The Labute approximate surface area is 95.2 Å². The van der Waals surface area contributed by atoms with Gasteiger partial charge in [0.05, 0.1) is 13.2 Å². The van der Waals surface area contributed by atoms with E-state index in [2.05, 4.69) is 19.7 Å². The number of hydrogen-bond acceptors (Lipinski definition) is 5. The summed E-state index contributed by atoms with van der Waals surface area (Å²) in [5.41, 5.74) is 0. The highest BCUT2D eigenvalue weighted by Crippen LogP contribution is 1.76. The molecule has 0 aromatic carbocycles. The normalized spacial score (nSPS) is 7.38. The predicted octanol–water partition coefficient (Wildman–Crippen LogP) is 1.14. The van der Waals surface area contributed by atoms with Crippen molar-refractivity contribution in [2.24, 2.45) is 0 Å². The van der Waals surface area contributed by atoms with Crippen molar-refractivity contribution in [3.63, 3.8) is 0 Å². The summed E-state index contributed by atoms with van der Waals surface area (Å²) in [7, 11) is 2.93. The van der Waals surface area contributed by atoms with Gasteiger partial charge in [-0.3, -0.25) is 9.89 Å². The van der Waals surface area contributed by atoms with E-state index in [-0.39, 0.29) is 6.42 Å². The van der Waals surface area contributed by atoms with E-state index < -0.39 is 5.97 Å². The Morgan fingerprint density at radius 2 is 2.19 bits per heavy atom. The number of carbonyl (C=O) groups excluding carboxylic acids is 1. The number of carbonyl (C=O) groups is 1. The van der Waals surface area contributed by atoms with Crippen LogP contribution in [-0.2, 0) is 14.3 Å². The molecule has 1 heterocycles. The van der Waals surface area contributed by atoms with E-state index in [0.29, 0.717) is 0 Å². The van der Waals surface area contributed by atoms with Crippen LogP contribution in [0.1, 0.15) is 13.3 Å². The van der Waals surface area contributed by atoms with Gasteiger partial charge in [-0.25, -0.2) is 0 Å². The molecule has 0 fully saturated rings. The monoisotopic (exact) mass is 227 g/mol. The van der Waals surface area contributed by atoms with Crippen LogP contribution in [0.3, 0.4) is 0 Å². The first-order valence-electron chi connectivity index (χ1n) is 4.59. The average molecular weight is 227 g/mol. The molecule has 0 saturated heterocycles. The number of methoxy groups -OCH3 is 2. The standard InChI is InChI=1S/C4H5NO2.C3H4N2.C3H8O/c1-7-4(6)2-3-5;1-2-4-5-3-1;1-3-4-2/h2H2,1H3;1-3H,(H,4,5);3H2,1-2H3. The average Bonchev–Trinajstić information content (AvgIpc) is 2.88. The Morgan fingerprint density at radius 1 is 1.56 bits per heavy atom. The lowest BCUT2D eigenvalue weighted by molar-refractivity contribution is -0.139. The molecule has 0 atom stereocenters. The zero-order valence-electron chi connectivity index (χ0n) is 9.77. The largest absolute Gasteiger partial charge is 0.468 e. The number of hydrogen-bond donors (Lipinski definition) is 1. The van der Waals surface area contributed by atoms with Gasteiger partial charge in [0.1, 0.15) is 6.42 Å². The zero-order chi connectivity index (χ0) is 12.6. The van der Waals surface area contributed by atoms with E-state index in [9.17, 15) is 4.79 Å². The fourth-order valence-electron chi connectivity index (χ4n) is 0.352. The van der Waals surface area contributed by atoms with E-state index in [0.717, 1.165) is 6.61 Å². The van der Waals surface area contributed by atoms with E-state index in [4.69, 9.17) is 5.26 Å². The number of nitrogens with zero attached hydrogens (tertiary/aromatic N) is 2. The number of H-pyrrole nitrogens is 1. The van der Waals surface area contributed by atoms with Crippen molar-refractivity contribution in [2.75, 3.05) is 20.8 Å². The SMILES string of the molecule is CCOC.COC(=O)CC#N.c1cn[nH]c1. The Hall–Kier alpha value is -1.87. The van der Waals surface area contributed by atoms with Crippen molar-refractivity contribution in [3.8, 4) is 6.07 Å². The minimum absolute atomic E-state index is 0.156. The number of nitrogens with one attached hydrogen (secondary N) is 1. The predicted molar refractivity (Wildman–Crippen MR) is 58.4 cm³/mol. The number of esters is 1. The summed E-state index contributed by atoms with van der Waals surface area (Å²) in [5.74, 6) is -0.484. The molecule has 0 bridgehead atoms. The maximum atomic E-state index is 9.97. The zero-order valence-corrected chi connectivity index (χ0v) is 9.77. The fraction of sp³-hybridized carbons (Fsp3) is 0.500. The molecule has 1 aromatic rings. The summed E-state index contributed by atoms with van der Waals surface area (Å²) in [5, 5.41) is 14.0. The van der Waals surface area contributed by atoms with Crippen molar-refractivity contribution in [2.45, 2.75) is 13.3 Å². The molecule has 1 rings (SSSR count). The molecule has 0 unspecified atom stereocenters. The van der Waals surface area contributed by atoms with Gasteiger partial charge < -0.3 is 9.47 Å². The van der Waals surface area contributed by atoms with Crippen LogP contribution in [0.15, 0.2) is 18.5 Å². The Morgan fingerprint density at radius 3 is 2.31 bits per heavy atom. The van der Waals surface area contributed by atoms with E-state index in [1.54, 1.807) is 25.6 Å². The van der Waals surface area contributed by atoms with Gasteiger partial charge in [-0.1, -0.05) is 0 Å². The van der Waals surface area contributed by atoms with E-state index in [1.807, 2.05) is 13.0 Å². The number of aromatic nitrogens is 2. The van der Waals surface area contributed by atoms with Crippen LogP contribution < -0.4 is 0 Å². The summed E-state index contributed by atoms with van der Waals surface area (Å²) < 4.78 is 8.67. The summed E-state index contributed by atoms with van der Waals surface area (Å²) in [6, 6.07) is 3.48. The first kappa shape index (κ1) is 16.6. The molecule has 16 heavy (non-hydrogen) atoms. The van der Waals surface area contributed by atoms with Gasteiger partial charge in [0.15, 0.2) is 0 Å². The van der Waals surface area contributed by atoms with Crippen LogP contribution >= 0.6 is 0 Å². The second kappa shape index (κ2) is 15.6. The van der Waals surface area contributed by atoms with Gasteiger partial charge in [0, 0.05) is 26.1 Å². The topological polar surface area (TPSA) is 88.0 Å². The molecule has 0 amide bonds. The Bertz CT molecular complexity index is 248. The van der Waals surface area contributed by atoms with Gasteiger partial charge in [0.2, 0.25) is 0 Å². The van der Waals surface area contributed by atoms with Crippen molar-refractivity contribution in [3.05, 3.63) is 18.5 Å². The third-order valence-electron chi connectivity index (χ3n) is 1.15. The molecule has 0 aliphatic rings. The Kier molecular flexibility index (Phi) is 16.1. The smallest absolute Gasteiger partial charge is 0.319 e. The summed E-state index contributed by atoms with van der Waals surface area (Å²) in [6.07, 6.45) is 3.30. The maximum absolute atomic E-state index is 9.97. The van der Waals surface area contributed by atoms with Crippen LogP contribution in [0.25, 0.3) is 0 Å². The molecule has 0 aliphatic carbocycles. The van der Waals surface area contributed by atoms with Gasteiger partial charge >= 0.3 is 5.97 Å². The molecular formula is C10H17N3O3. The maximum Gasteiger partial charge on any atom is 0.319 e. The first-order valence-corrected chi connectivity index (χ1v) is 4.59. The first-order chi connectivity index (χ1) is 7.72. The van der Waals surface area contributed by atoms with E-state index >= 15 is 0 Å². The minimum Gasteiger partial charge on any atom is -0.468 e. The number of aromatic amines is 1. The lowest BCUT2D eigenvalue weighted by Gasteiger charge is -1.85. The molecule has 0 aliphatic heterocycles. The van der Waals surface area contributed by atoms with Crippen molar-refractivity contribution in [1.82, 2.24) is 10.2 Å². The molecule has 6 nitrogen and oxygen atoms in total. The van der Waals surface area contributed by atoms with Crippen LogP contribution in [0.2, 0.25) is 0 Å². The van der Waals surface area contributed by atoms with Crippen LogP contribution in [0, 0.1) is 11.3 Å². The van der Waals surface area contributed by atoms with Gasteiger partial charge in [-0.15, -0.1) is 0 Å². The Balaban J connectivity index is 0. The highest BCUT2D eigenvalue weighted by atomic mass is 16.5. The molecule has 6 heteroatoms. The van der Waals surface area contributed by atoms with Crippen LogP contribution in [-0.4, -0.2) is 37.0 Å². The van der Waals surface area contributed by atoms with Gasteiger partial charge in [0.25, 0.3) is 0 Å². The minimum atomic E-state index is -0.484. The second-order valence-electron chi connectivity index (χ2n) is 2.25. The molecule has 0 spiro atoms. The number of rotatable bonds is 2. The number of ether oxygens (including phenoxy) is 2. The second-order valence-corrected chi connectivity index (χ2v) is 2.25. The molecule has 1 N–H and O–H groups in total. The highest BCUT2D eigenvalue weighted by molar-refractivity contribution is 5.71. The molecule has 1 aromatic heterocycles. The van der Waals surface area contributed by atoms with Gasteiger partial charge in [-0.2, -0.15) is 10.4 Å². The lowest BCUT2D eigenvalue weighted by Crippen LogP contribution is -1.96. The summed E-state index contributed by atoms with van der Waals surface area (Å²) in [6.45, 7) is 2.78. The molecule has 0 saturated carbocycles. The molecule has 0 radical (unpaired) electrons. The highest BCUT2D eigenvalue weighted by Gasteiger charge is 1.93. The number of nitriles is 1. The fourth-order valence-corrected chi connectivity index (χ4v) is 0.352. The third-order valence-corrected chi connectivity index (χ3v) is 1.15. The molecule has 90 valence electrons. The van der Waals surface area contributed by atoms with Gasteiger partial charge in [-0.05, 0) is 13.0 Å². The van der Waals surface area contributed by atoms with Crippen molar-refractivity contribution >= 4 is 5.97 Å². The summed E-state index contributed by atoms with van der Waals surface area (Å²) in [4.78, 5) is 9.97. The van der Waals surface area contributed by atoms with Crippen LogP contribution in [0.4, 0.5) is 0 Å². The van der Waals surface area contributed by atoms with Crippen molar-refractivity contribution in [1.29, 1.82) is 5.26 Å². The summed E-state index contributed by atoms with van der Waals surface area (Å²) >= 11 is 0. The van der Waals surface area contributed by atoms with E-state index in [1.165, 1.54) is 7.11 Å². The third kappa shape index (κ3) is 18.0. The van der Waals surface area contributed by atoms with Crippen molar-refractivity contribution < 1.29 is 14.3 Å².